The summed E-state index contributed by atoms with van der Waals surface area (Å²) in [5.41, 5.74) is 0.611. The van der Waals surface area contributed by atoms with Crippen LogP contribution in [0.2, 0.25) is 0 Å². The van der Waals surface area contributed by atoms with Crippen LogP contribution in [0.3, 0.4) is 0 Å². The van der Waals surface area contributed by atoms with Crippen molar-refractivity contribution in [3.8, 4) is 0 Å². The highest BCUT2D eigenvalue weighted by molar-refractivity contribution is 9.10. The van der Waals surface area contributed by atoms with Crippen LogP contribution in [0.1, 0.15) is 36.7 Å². The van der Waals surface area contributed by atoms with Gasteiger partial charge in [0.05, 0.1) is 10.5 Å². The Kier molecular flexibility index (Phi) is 5.34. The van der Waals surface area contributed by atoms with Gasteiger partial charge in [0.25, 0.3) is 0 Å². The number of esters is 1. The Morgan fingerprint density at radius 1 is 1.30 bits per heavy atom. The molecule has 1 aromatic rings. The second-order valence-electron chi connectivity index (χ2n) is 4.98. The first-order chi connectivity index (χ1) is 9.04. The first-order valence-electron chi connectivity index (χ1n) is 6.08. The zero-order valence-electron chi connectivity index (χ0n) is 11.8. The van der Waals surface area contributed by atoms with Crippen molar-refractivity contribution in [2.75, 3.05) is 0 Å². The summed E-state index contributed by atoms with van der Waals surface area (Å²) in [4.78, 5) is 11.9. The lowest BCUT2D eigenvalue weighted by Gasteiger charge is -2.17. The Balaban J connectivity index is 3.21. The van der Waals surface area contributed by atoms with Gasteiger partial charge in [-0.05, 0) is 37.5 Å². The van der Waals surface area contributed by atoms with E-state index in [1.54, 1.807) is 13.8 Å². The van der Waals surface area contributed by atoms with Crippen LogP contribution in [0.5, 0.6) is 0 Å². The van der Waals surface area contributed by atoms with E-state index >= 15 is 0 Å². The minimum Gasteiger partial charge on any atom is -0.459 e. The molecule has 7 heteroatoms. The molecule has 0 heterocycles. The lowest BCUT2D eigenvalue weighted by atomic mass is 10.1. The van der Waals surface area contributed by atoms with Crippen LogP contribution in [0.25, 0.3) is 0 Å². The molecule has 1 aromatic carbocycles. The maximum absolute atomic E-state index is 12.0. The van der Waals surface area contributed by atoms with Crippen LogP contribution < -0.4 is 5.14 Å². The van der Waals surface area contributed by atoms with Crippen LogP contribution in [0.4, 0.5) is 0 Å². The number of hydrogen-bond acceptors (Lipinski definition) is 4. The van der Waals surface area contributed by atoms with Gasteiger partial charge < -0.3 is 4.74 Å². The number of ether oxygens (including phenoxy) is 1. The minimum atomic E-state index is -3.89. The van der Waals surface area contributed by atoms with Crippen molar-refractivity contribution in [3.05, 3.63) is 27.7 Å². The third kappa shape index (κ3) is 4.04. The Morgan fingerprint density at radius 2 is 1.85 bits per heavy atom. The van der Waals surface area contributed by atoms with E-state index in [4.69, 9.17) is 9.88 Å². The van der Waals surface area contributed by atoms with Crippen LogP contribution in [0, 0.1) is 12.8 Å². The summed E-state index contributed by atoms with van der Waals surface area (Å²) in [5, 5.41) is 5.14. The average molecular weight is 364 g/mol. The molecular formula is C13H18BrNO4S. The topological polar surface area (TPSA) is 86.5 Å². The summed E-state index contributed by atoms with van der Waals surface area (Å²) >= 11 is 3.23. The molecule has 1 atom stereocenters. The average Bonchev–Trinajstić information content (AvgIpc) is 2.30. The number of primary sulfonamides is 1. The summed E-state index contributed by atoms with van der Waals surface area (Å²) in [6.45, 7) is 7.25. The molecule has 5 nitrogen and oxygen atoms in total. The zero-order valence-corrected chi connectivity index (χ0v) is 14.2. The maximum atomic E-state index is 12.0. The molecule has 2 N–H and O–H groups in total. The quantitative estimate of drug-likeness (QED) is 0.832. The number of rotatable bonds is 4. The highest BCUT2D eigenvalue weighted by Crippen LogP contribution is 2.26. The zero-order chi connectivity index (χ0) is 15.7. The molecule has 1 rings (SSSR count). The number of hydrogen-bond donors (Lipinski definition) is 1. The van der Waals surface area contributed by atoms with Crippen molar-refractivity contribution < 1.29 is 17.9 Å². The number of nitrogens with two attached hydrogens (primary N) is 1. The molecule has 0 aromatic heterocycles. The molecule has 0 saturated heterocycles. The molecule has 112 valence electrons. The van der Waals surface area contributed by atoms with Crippen molar-refractivity contribution in [1.82, 2.24) is 0 Å². The molecule has 0 bridgehead atoms. The normalized spacial score (nSPS) is 13.3. The number of carbonyl (C=O) groups is 1. The summed E-state index contributed by atoms with van der Waals surface area (Å²) in [5.74, 6) is -0.401. The lowest BCUT2D eigenvalue weighted by molar-refractivity contribution is 0.0237. The summed E-state index contributed by atoms with van der Waals surface area (Å²) < 4.78 is 28.8. The van der Waals surface area contributed by atoms with E-state index in [1.165, 1.54) is 12.1 Å². The third-order valence-corrected chi connectivity index (χ3v) is 4.93. The van der Waals surface area contributed by atoms with E-state index in [1.807, 2.05) is 13.8 Å². The molecule has 0 amide bonds. The first-order valence-corrected chi connectivity index (χ1v) is 8.42. The van der Waals surface area contributed by atoms with Crippen molar-refractivity contribution >= 4 is 31.9 Å². The van der Waals surface area contributed by atoms with Gasteiger partial charge in [-0.1, -0.05) is 29.8 Å². The summed E-state index contributed by atoms with van der Waals surface area (Å²) in [7, 11) is -3.89. The molecule has 20 heavy (non-hydrogen) atoms. The molecule has 0 radical (unpaired) electrons. The van der Waals surface area contributed by atoms with Crippen LogP contribution in [0.15, 0.2) is 21.5 Å². The predicted molar refractivity (Wildman–Crippen MR) is 80.0 cm³/mol. The Labute approximate surface area is 127 Å². The van der Waals surface area contributed by atoms with Gasteiger partial charge in [-0.25, -0.2) is 18.4 Å². The second kappa shape index (κ2) is 6.24. The predicted octanol–water partition coefficient (Wildman–Crippen LogP) is 2.61. The number of halogens is 1. The number of benzene rings is 1. The van der Waals surface area contributed by atoms with Gasteiger partial charge in [0.15, 0.2) is 0 Å². The fourth-order valence-electron chi connectivity index (χ4n) is 1.44. The monoisotopic (exact) mass is 363 g/mol. The summed E-state index contributed by atoms with van der Waals surface area (Å²) in [6.07, 6.45) is -0.263. The fourth-order valence-corrected chi connectivity index (χ4v) is 2.86. The smallest absolute Gasteiger partial charge is 0.338 e. The van der Waals surface area contributed by atoms with E-state index in [9.17, 15) is 13.2 Å². The molecule has 0 saturated carbocycles. The Hall–Kier alpha value is -0.920. The van der Waals surface area contributed by atoms with Crippen molar-refractivity contribution in [1.29, 1.82) is 0 Å². The Bertz CT molecular complexity index is 626. The molecule has 0 aliphatic carbocycles. The van der Waals surface area contributed by atoms with Crippen molar-refractivity contribution in [2.45, 2.75) is 38.7 Å². The largest absolute Gasteiger partial charge is 0.459 e. The minimum absolute atomic E-state index is 0.0870. The molecule has 0 aliphatic heterocycles. The van der Waals surface area contributed by atoms with Crippen LogP contribution >= 0.6 is 15.9 Å². The van der Waals surface area contributed by atoms with Crippen molar-refractivity contribution in [3.63, 3.8) is 0 Å². The van der Waals surface area contributed by atoms with Gasteiger partial charge in [0.1, 0.15) is 6.10 Å². The molecule has 1 unspecified atom stereocenters. The van der Waals surface area contributed by atoms with Gasteiger partial charge in [-0.3, -0.25) is 0 Å². The molecule has 0 fully saturated rings. The van der Waals surface area contributed by atoms with Crippen molar-refractivity contribution in [2.24, 2.45) is 11.1 Å². The number of carbonyl (C=O) groups excluding carboxylic acids is 1. The van der Waals surface area contributed by atoms with Crippen LogP contribution in [-0.4, -0.2) is 20.5 Å². The van der Waals surface area contributed by atoms with Gasteiger partial charge in [-0.2, -0.15) is 0 Å². The molecule has 0 aliphatic rings. The lowest BCUT2D eigenvalue weighted by Crippen LogP contribution is -2.21. The van der Waals surface area contributed by atoms with Gasteiger partial charge >= 0.3 is 5.97 Å². The molecule has 0 spiro atoms. The van der Waals surface area contributed by atoms with Gasteiger partial charge in [0, 0.05) is 4.47 Å². The number of sulfonamides is 1. The van der Waals surface area contributed by atoms with E-state index < -0.39 is 16.0 Å². The standard InChI is InChI=1S/C13H18BrNO4S/c1-7(2)9(4)19-13(16)10-5-11(14)8(3)12(6-10)20(15,17)18/h5-7,9H,1-4H3,(H2,15,17,18). The first kappa shape index (κ1) is 17.1. The van der Waals surface area contributed by atoms with Gasteiger partial charge in [0.2, 0.25) is 10.0 Å². The third-order valence-electron chi connectivity index (χ3n) is 3.07. The van der Waals surface area contributed by atoms with Gasteiger partial charge in [-0.15, -0.1) is 0 Å². The van der Waals surface area contributed by atoms with E-state index in [0.717, 1.165) is 0 Å². The SMILES string of the molecule is Cc1c(Br)cc(C(=O)OC(C)C(C)C)cc1S(N)(=O)=O. The van der Waals surface area contributed by atoms with Crippen LogP contribution in [-0.2, 0) is 14.8 Å². The summed E-state index contributed by atoms with van der Waals surface area (Å²) in [6, 6.07) is 2.77. The highest BCUT2D eigenvalue weighted by Gasteiger charge is 2.20. The maximum Gasteiger partial charge on any atom is 0.338 e. The van der Waals surface area contributed by atoms with E-state index in [0.29, 0.717) is 10.0 Å². The van der Waals surface area contributed by atoms with E-state index in [-0.39, 0.29) is 22.5 Å². The Morgan fingerprint density at radius 3 is 2.30 bits per heavy atom. The van der Waals surface area contributed by atoms with E-state index in [2.05, 4.69) is 15.9 Å². The second-order valence-corrected chi connectivity index (χ2v) is 7.36. The molecular weight excluding hydrogens is 346 g/mol. The highest BCUT2D eigenvalue weighted by atomic mass is 79.9. The fraction of sp³-hybridized carbons (Fsp3) is 0.462.